The van der Waals surface area contributed by atoms with E-state index < -0.39 is 0 Å². The molecule has 2 rings (SSSR count). The molecule has 0 spiro atoms. The highest BCUT2D eigenvalue weighted by molar-refractivity contribution is 5.41. The van der Waals surface area contributed by atoms with E-state index in [0.29, 0.717) is 0 Å². The number of nitrogens with zero attached hydrogens (tertiary/aromatic N) is 6. The number of aromatic nitrogens is 3. The van der Waals surface area contributed by atoms with Gasteiger partial charge in [0.15, 0.2) is 5.82 Å². The number of hydrogen-bond donors (Lipinski definition) is 0. The Kier molecular flexibility index (Phi) is 4.90. The zero-order valence-electron chi connectivity index (χ0n) is 12.2. The second-order valence-electron chi connectivity index (χ2n) is 5.18. The summed E-state index contributed by atoms with van der Waals surface area (Å²) in [4.78, 5) is 11.3. The fourth-order valence-electron chi connectivity index (χ4n) is 2.12. The molecule has 0 N–H and O–H groups in total. The molecule has 19 heavy (non-hydrogen) atoms. The zero-order chi connectivity index (χ0) is 13.7. The molecule has 1 aliphatic heterocycles. The van der Waals surface area contributed by atoms with E-state index in [9.17, 15) is 0 Å². The maximum Gasteiger partial charge on any atom is 0.247 e. The monoisotopic (exact) mass is 264 g/mol. The van der Waals surface area contributed by atoms with Crippen molar-refractivity contribution in [2.75, 3.05) is 56.6 Å². The minimum Gasteiger partial charge on any atom is -0.358 e. The van der Waals surface area contributed by atoms with Crippen LogP contribution < -0.4 is 9.80 Å². The van der Waals surface area contributed by atoms with Crippen LogP contribution in [0.2, 0.25) is 0 Å². The Balaban J connectivity index is 2.02. The van der Waals surface area contributed by atoms with Gasteiger partial charge < -0.3 is 14.7 Å². The number of likely N-dealkylation sites (N-methyl/N-ethyl adjacent to an activating group) is 1. The van der Waals surface area contributed by atoms with Gasteiger partial charge in [0.25, 0.3) is 0 Å². The first-order valence-corrected chi connectivity index (χ1v) is 7.05. The second kappa shape index (κ2) is 6.65. The molecule has 1 saturated heterocycles. The van der Waals surface area contributed by atoms with Crippen molar-refractivity contribution in [3.8, 4) is 0 Å². The summed E-state index contributed by atoms with van der Waals surface area (Å²) in [7, 11) is 4.21. The lowest BCUT2D eigenvalue weighted by Crippen LogP contribution is -2.45. The zero-order valence-corrected chi connectivity index (χ0v) is 12.2. The highest BCUT2D eigenvalue weighted by Crippen LogP contribution is 2.14. The van der Waals surface area contributed by atoms with Crippen LogP contribution in [-0.4, -0.2) is 66.9 Å². The molecule has 0 bridgehead atoms. The van der Waals surface area contributed by atoms with Gasteiger partial charge in [-0.1, -0.05) is 13.3 Å². The van der Waals surface area contributed by atoms with Gasteiger partial charge in [-0.25, -0.2) is 0 Å². The lowest BCUT2D eigenvalue weighted by molar-refractivity contribution is 0.311. The average Bonchev–Trinajstić information content (AvgIpc) is 2.45. The largest absolute Gasteiger partial charge is 0.358 e. The number of piperazine rings is 1. The highest BCUT2D eigenvalue weighted by Gasteiger charge is 2.17. The van der Waals surface area contributed by atoms with Crippen LogP contribution in [0.5, 0.6) is 0 Å². The quantitative estimate of drug-likeness (QED) is 0.786. The van der Waals surface area contributed by atoms with Crippen molar-refractivity contribution in [3.63, 3.8) is 0 Å². The van der Waals surface area contributed by atoms with Crippen LogP contribution in [0.25, 0.3) is 0 Å². The molecule has 0 unspecified atom stereocenters. The summed E-state index contributed by atoms with van der Waals surface area (Å²) in [6.45, 7) is 7.26. The summed E-state index contributed by atoms with van der Waals surface area (Å²) in [6, 6.07) is 0. The van der Waals surface area contributed by atoms with Gasteiger partial charge in [0.2, 0.25) is 5.95 Å². The molecule has 0 aliphatic carbocycles. The topological polar surface area (TPSA) is 48.4 Å². The predicted molar refractivity (Wildman–Crippen MR) is 77.7 cm³/mol. The Hall–Kier alpha value is -1.43. The van der Waals surface area contributed by atoms with Gasteiger partial charge >= 0.3 is 0 Å². The molecular formula is C13H24N6. The molecule has 0 radical (unpaired) electrons. The molecule has 6 heteroatoms. The molecule has 1 fully saturated rings. The van der Waals surface area contributed by atoms with E-state index in [4.69, 9.17) is 0 Å². The maximum absolute atomic E-state index is 4.63. The lowest BCUT2D eigenvalue weighted by atomic mass is 10.3. The van der Waals surface area contributed by atoms with Crippen LogP contribution in [0.3, 0.4) is 0 Å². The van der Waals surface area contributed by atoms with Crippen LogP contribution in [0, 0.1) is 0 Å². The molecule has 6 nitrogen and oxygen atoms in total. The van der Waals surface area contributed by atoms with Crippen molar-refractivity contribution in [2.45, 2.75) is 19.8 Å². The van der Waals surface area contributed by atoms with E-state index in [1.165, 1.54) is 12.8 Å². The minimum absolute atomic E-state index is 0.758. The molecule has 0 saturated carbocycles. The van der Waals surface area contributed by atoms with E-state index in [-0.39, 0.29) is 0 Å². The second-order valence-corrected chi connectivity index (χ2v) is 5.18. The van der Waals surface area contributed by atoms with Gasteiger partial charge in [-0.2, -0.15) is 10.1 Å². The fraction of sp³-hybridized carbons (Fsp3) is 0.769. The first-order chi connectivity index (χ1) is 9.20. The van der Waals surface area contributed by atoms with Crippen molar-refractivity contribution in [3.05, 3.63) is 6.20 Å². The summed E-state index contributed by atoms with van der Waals surface area (Å²) in [6.07, 6.45) is 4.10. The van der Waals surface area contributed by atoms with Crippen LogP contribution in [-0.2, 0) is 0 Å². The third kappa shape index (κ3) is 3.76. The molecular weight excluding hydrogens is 240 g/mol. The Labute approximate surface area is 115 Å². The van der Waals surface area contributed by atoms with Gasteiger partial charge in [-0.15, -0.1) is 5.10 Å². The number of rotatable bonds is 5. The average molecular weight is 264 g/mol. The summed E-state index contributed by atoms with van der Waals surface area (Å²) in [5.41, 5.74) is 0. The standard InChI is InChI=1S/C13H24N6/c1-4-5-6-18(3)12-11-14-16-13(15-12)19-9-7-17(2)8-10-19/h11H,4-10H2,1-3H3. The van der Waals surface area contributed by atoms with Crippen LogP contribution >= 0.6 is 0 Å². The lowest BCUT2D eigenvalue weighted by Gasteiger charge is -2.32. The first kappa shape index (κ1) is 14.0. The third-order valence-electron chi connectivity index (χ3n) is 3.56. The maximum atomic E-state index is 4.63. The molecule has 1 aliphatic rings. The SMILES string of the molecule is CCCCN(C)c1cnnc(N2CCN(C)CC2)n1. The third-order valence-corrected chi connectivity index (χ3v) is 3.56. The van der Waals surface area contributed by atoms with Crippen molar-refractivity contribution in [1.82, 2.24) is 20.1 Å². The van der Waals surface area contributed by atoms with Crippen molar-refractivity contribution < 1.29 is 0 Å². The molecule has 0 amide bonds. The van der Waals surface area contributed by atoms with Crippen molar-refractivity contribution in [1.29, 1.82) is 0 Å². The van der Waals surface area contributed by atoms with E-state index in [2.05, 4.69) is 50.9 Å². The Morgan fingerprint density at radius 1 is 1.26 bits per heavy atom. The van der Waals surface area contributed by atoms with E-state index in [1.54, 1.807) is 6.20 Å². The van der Waals surface area contributed by atoms with E-state index in [1.807, 2.05) is 0 Å². The minimum atomic E-state index is 0.758. The molecule has 1 aromatic rings. The number of unbranched alkanes of at least 4 members (excludes halogenated alkanes) is 1. The summed E-state index contributed by atoms with van der Waals surface area (Å²) >= 11 is 0. The summed E-state index contributed by atoms with van der Waals surface area (Å²) in [5, 5.41) is 8.27. The van der Waals surface area contributed by atoms with Gasteiger partial charge in [0, 0.05) is 39.8 Å². The Bertz CT molecular complexity index is 388. The summed E-state index contributed by atoms with van der Waals surface area (Å²) < 4.78 is 0. The van der Waals surface area contributed by atoms with Crippen molar-refractivity contribution >= 4 is 11.8 Å². The number of hydrogen-bond acceptors (Lipinski definition) is 6. The van der Waals surface area contributed by atoms with Crippen molar-refractivity contribution in [2.24, 2.45) is 0 Å². The highest BCUT2D eigenvalue weighted by atomic mass is 15.4. The normalized spacial score (nSPS) is 16.7. The Morgan fingerprint density at radius 3 is 2.68 bits per heavy atom. The first-order valence-electron chi connectivity index (χ1n) is 7.05. The Morgan fingerprint density at radius 2 is 2.00 bits per heavy atom. The fourth-order valence-corrected chi connectivity index (χ4v) is 2.12. The number of anilines is 2. The van der Waals surface area contributed by atoms with E-state index >= 15 is 0 Å². The molecule has 106 valence electrons. The van der Waals surface area contributed by atoms with Gasteiger partial charge in [0.05, 0.1) is 6.20 Å². The molecule has 1 aromatic heterocycles. The molecule has 2 heterocycles. The van der Waals surface area contributed by atoms with E-state index in [0.717, 1.165) is 44.5 Å². The van der Waals surface area contributed by atoms with Gasteiger partial charge in [-0.05, 0) is 13.5 Å². The smallest absolute Gasteiger partial charge is 0.247 e. The van der Waals surface area contributed by atoms with Crippen LogP contribution in [0.15, 0.2) is 6.20 Å². The molecule has 0 aromatic carbocycles. The van der Waals surface area contributed by atoms with Gasteiger partial charge in [-0.3, -0.25) is 0 Å². The summed E-state index contributed by atoms with van der Waals surface area (Å²) in [5.74, 6) is 1.67. The van der Waals surface area contributed by atoms with Crippen LogP contribution in [0.4, 0.5) is 11.8 Å². The molecule has 0 atom stereocenters. The predicted octanol–water partition coefficient (Wildman–Crippen LogP) is 0.860. The van der Waals surface area contributed by atoms with Crippen LogP contribution in [0.1, 0.15) is 19.8 Å². The van der Waals surface area contributed by atoms with Gasteiger partial charge in [0.1, 0.15) is 0 Å².